The summed E-state index contributed by atoms with van der Waals surface area (Å²) in [6.07, 6.45) is 6.70. The monoisotopic (exact) mass is 455 g/mol. The molecule has 0 aromatic carbocycles. The first kappa shape index (κ1) is 22.7. The van der Waals surface area contributed by atoms with Gasteiger partial charge in [-0.1, -0.05) is 0 Å². The van der Waals surface area contributed by atoms with Crippen LogP contribution in [0.2, 0.25) is 0 Å². The summed E-state index contributed by atoms with van der Waals surface area (Å²) in [7, 11) is 3.33. The van der Waals surface area contributed by atoms with Crippen LogP contribution >= 0.6 is 0 Å². The van der Waals surface area contributed by atoms with Crippen LogP contribution in [-0.2, 0) is 4.74 Å². The Kier molecular flexibility index (Phi) is 7.20. The van der Waals surface area contributed by atoms with Crippen molar-refractivity contribution in [2.75, 3.05) is 38.0 Å². The van der Waals surface area contributed by atoms with Crippen LogP contribution < -0.4 is 20.7 Å². The quantitative estimate of drug-likeness (QED) is 0.382. The van der Waals surface area contributed by atoms with Crippen LogP contribution in [0, 0.1) is 0 Å². The van der Waals surface area contributed by atoms with Gasteiger partial charge < -0.3 is 30.5 Å². The van der Waals surface area contributed by atoms with Gasteiger partial charge in [-0.25, -0.2) is 9.97 Å². The van der Waals surface area contributed by atoms with E-state index in [1.807, 2.05) is 6.07 Å². The zero-order chi connectivity index (χ0) is 23.2. The third kappa shape index (κ3) is 5.15. The molecule has 3 aromatic rings. The molecule has 1 amide bonds. The molecule has 33 heavy (non-hydrogen) atoms. The number of nitrogens with one attached hydrogen (secondary N) is 3. The van der Waals surface area contributed by atoms with Gasteiger partial charge in [0.05, 0.1) is 32.6 Å². The van der Waals surface area contributed by atoms with Crippen molar-refractivity contribution in [3.05, 3.63) is 36.2 Å². The second-order valence-corrected chi connectivity index (χ2v) is 7.81. The Morgan fingerprint density at radius 3 is 3.03 bits per heavy atom. The first-order valence-electron chi connectivity index (χ1n) is 11.0. The zero-order valence-electron chi connectivity index (χ0n) is 18.7. The molecule has 2 atom stereocenters. The minimum Gasteiger partial charge on any atom is -0.480 e. The molecule has 176 valence electrons. The maximum atomic E-state index is 13.1. The molecule has 3 heterocycles. The third-order valence-electron chi connectivity index (χ3n) is 5.61. The number of methoxy groups -OCH3 is 1. The van der Waals surface area contributed by atoms with Crippen molar-refractivity contribution < 1.29 is 19.4 Å². The fraction of sp³-hybridized carbons (Fsp3) is 0.455. The number of ether oxygens (including phenoxy) is 2. The number of nitrogens with zero attached hydrogens (tertiary/aromatic N) is 4. The smallest absolute Gasteiger partial charge is 0.256 e. The first-order chi connectivity index (χ1) is 16.1. The van der Waals surface area contributed by atoms with E-state index in [2.05, 4.69) is 31.0 Å². The Bertz CT molecular complexity index is 1100. The molecule has 0 saturated heterocycles. The second kappa shape index (κ2) is 10.5. The van der Waals surface area contributed by atoms with Crippen molar-refractivity contribution in [2.45, 2.75) is 37.8 Å². The second-order valence-electron chi connectivity index (χ2n) is 7.81. The summed E-state index contributed by atoms with van der Waals surface area (Å²) in [6, 6.07) is 5.41. The highest BCUT2D eigenvalue weighted by Crippen LogP contribution is 2.27. The van der Waals surface area contributed by atoms with Crippen molar-refractivity contribution in [2.24, 2.45) is 0 Å². The molecular weight excluding hydrogens is 426 g/mol. The molecule has 0 aliphatic heterocycles. The molecule has 3 aromatic heterocycles. The maximum absolute atomic E-state index is 13.1. The van der Waals surface area contributed by atoms with Gasteiger partial charge in [-0.15, -0.1) is 0 Å². The molecule has 4 rings (SSSR count). The number of aromatic nitrogens is 4. The van der Waals surface area contributed by atoms with Crippen molar-refractivity contribution in [1.82, 2.24) is 24.9 Å². The summed E-state index contributed by atoms with van der Waals surface area (Å²) in [5.41, 5.74) is 1.46. The molecule has 11 nitrogen and oxygen atoms in total. The summed E-state index contributed by atoms with van der Waals surface area (Å²) in [5, 5.41) is 22.7. The largest absolute Gasteiger partial charge is 0.480 e. The van der Waals surface area contributed by atoms with E-state index in [4.69, 9.17) is 14.6 Å². The summed E-state index contributed by atoms with van der Waals surface area (Å²) in [5.74, 6) is 1.39. The summed E-state index contributed by atoms with van der Waals surface area (Å²) in [4.78, 5) is 21.9. The van der Waals surface area contributed by atoms with Gasteiger partial charge in [-0.3, -0.25) is 4.79 Å². The Labute approximate surface area is 191 Å². The SMILES string of the molecule is CNc1cc(Nc2cccnc2OC)nc2c(C(=O)NC3CCC[C@H](OCCO)C3)cnn12. The van der Waals surface area contributed by atoms with Gasteiger partial charge in [0.15, 0.2) is 5.65 Å². The average molecular weight is 456 g/mol. The zero-order valence-corrected chi connectivity index (χ0v) is 18.7. The lowest BCUT2D eigenvalue weighted by Crippen LogP contribution is -2.40. The number of amides is 1. The van der Waals surface area contributed by atoms with E-state index in [9.17, 15) is 4.79 Å². The number of hydrogen-bond acceptors (Lipinski definition) is 9. The van der Waals surface area contributed by atoms with Crippen LogP contribution in [0.3, 0.4) is 0 Å². The van der Waals surface area contributed by atoms with Gasteiger partial charge in [0.25, 0.3) is 5.91 Å². The Balaban J connectivity index is 1.56. The van der Waals surface area contributed by atoms with Crippen LogP contribution in [0.4, 0.5) is 17.3 Å². The molecule has 1 fully saturated rings. The van der Waals surface area contributed by atoms with Gasteiger partial charge in [0.1, 0.15) is 22.9 Å². The average Bonchev–Trinajstić information content (AvgIpc) is 3.27. The van der Waals surface area contributed by atoms with Crippen LogP contribution in [0.1, 0.15) is 36.0 Å². The number of fused-ring (bicyclic) bond motifs is 1. The highest BCUT2D eigenvalue weighted by atomic mass is 16.5. The Morgan fingerprint density at radius 1 is 1.36 bits per heavy atom. The maximum Gasteiger partial charge on any atom is 0.256 e. The molecule has 11 heteroatoms. The molecule has 4 N–H and O–H groups in total. The Hall–Kier alpha value is -3.44. The summed E-state index contributed by atoms with van der Waals surface area (Å²) in [6.45, 7) is 0.310. The predicted octanol–water partition coefficient (Wildman–Crippen LogP) is 1.97. The lowest BCUT2D eigenvalue weighted by Gasteiger charge is -2.29. The lowest BCUT2D eigenvalue weighted by atomic mass is 9.92. The van der Waals surface area contributed by atoms with E-state index in [0.717, 1.165) is 19.3 Å². The van der Waals surface area contributed by atoms with Gasteiger partial charge in [0.2, 0.25) is 5.88 Å². The molecular formula is C22H29N7O4. The fourth-order valence-corrected chi connectivity index (χ4v) is 4.06. The van der Waals surface area contributed by atoms with Gasteiger partial charge >= 0.3 is 0 Å². The highest BCUT2D eigenvalue weighted by Gasteiger charge is 2.26. The molecule has 1 aliphatic carbocycles. The minimum atomic E-state index is -0.233. The Morgan fingerprint density at radius 2 is 2.24 bits per heavy atom. The van der Waals surface area contributed by atoms with Crippen LogP contribution in [0.25, 0.3) is 5.65 Å². The number of carbonyl (C=O) groups excluding carboxylic acids is 1. The number of pyridine rings is 1. The van der Waals surface area contributed by atoms with E-state index >= 15 is 0 Å². The molecule has 1 saturated carbocycles. The van der Waals surface area contributed by atoms with Crippen molar-refractivity contribution in [3.8, 4) is 5.88 Å². The van der Waals surface area contributed by atoms with Crippen LogP contribution in [0.5, 0.6) is 5.88 Å². The third-order valence-corrected chi connectivity index (χ3v) is 5.61. The number of aliphatic hydroxyl groups is 1. The number of anilines is 3. The summed E-state index contributed by atoms with van der Waals surface area (Å²) < 4.78 is 12.6. The van der Waals surface area contributed by atoms with Crippen molar-refractivity contribution in [3.63, 3.8) is 0 Å². The van der Waals surface area contributed by atoms with Crippen molar-refractivity contribution >= 4 is 28.9 Å². The molecule has 0 bridgehead atoms. The van der Waals surface area contributed by atoms with E-state index < -0.39 is 0 Å². The topological polar surface area (TPSA) is 135 Å². The van der Waals surface area contributed by atoms with E-state index in [0.29, 0.717) is 47.4 Å². The van der Waals surface area contributed by atoms with Gasteiger partial charge in [0, 0.05) is 25.4 Å². The van der Waals surface area contributed by atoms with Crippen LogP contribution in [0.15, 0.2) is 30.6 Å². The molecule has 1 unspecified atom stereocenters. The van der Waals surface area contributed by atoms with Gasteiger partial charge in [-0.2, -0.15) is 9.61 Å². The molecule has 0 spiro atoms. The van der Waals surface area contributed by atoms with Crippen LogP contribution in [-0.4, -0.2) is 70.1 Å². The van der Waals surface area contributed by atoms with Gasteiger partial charge in [-0.05, 0) is 37.8 Å². The normalized spacial score (nSPS) is 18.2. The van der Waals surface area contributed by atoms with E-state index in [-0.39, 0.29) is 24.7 Å². The standard InChI is InChI=1S/C22H29N7O4/c1-23-19-12-18(27-17-7-4-8-24-22(17)32-2)28-20-16(13-25-29(19)20)21(31)26-14-5-3-6-15(11-14)33-10-9-30/h4,7-8,12-15,23,30H,3,5-6,9-11H2,1-2H3,(H,26,31)(H,27,28)/t14?,15-/m0/s1. The number of hydrogen-bond donors (Lipinski definition) is 4. The van der Waals surface area contributed by atoms with E-state index in [1.54, 1.807) is 37.0 Å². The highest BCUT2D eigenvalue weighted by molar-refractivity contribution is 6.00. The molecule has 0 radical (unpaired) electrons. The number of aliphatic hydroxyl groups excluding tert-OH is 1. The minimum absolute atomic E-state index is 0.00330. The van der Waals surface area contributed by atoms with E-state index in [1.165, 1.54) is 6.20 Å². The number of carbonyl (C=O) groups is 1. The molecule has 1 aliphatic rings. The first-order valence-corrected chi connectivity index (χ1v) is 11.0. The summed E-state index contributed by atoms with van der Waals surface area (Å²) >= 11 is 0. The fourth-order valence-electron chi connectivity index (χ4n) is 4.06. The number of rotatable bonds is 9. The van der Waals surface area contributed by atoms with Crippen molar-refractivity contribution in [1.29, 1.82) is 0 Å². The lowest BCUT2D eigenvalue weighted by molar-refractivity contribution is 0.00197. The predicted molar refractivity (Wildman–Crippen MR) is 123 cm³/mol.